The van der Waals surface area contributed by atoms with E-state index in [1.54, 1.807) is 6.07 Å². The Morgan fingerprint density at radius 2 is 1.96 bits per heavy atom. The van der Waals surface area contributed by atoms with Crippen molar-refractivity contribution in [2.45, 2.75) is 12.5 Å². The predicted octanol–water partition coefficient (Wildman–Crippen LogP) is 2.86. The van der Waals surface area contributed by atoms with E-state index in [-0.39, 0.29) is 5.92 Å². The molecule has 2 atom stereocenters. The number of carboxylic acids is 1. The highest BCUT2D eigenvalue weighted by Gasteiger charge is 2.38. The Hall–Kier alpha value is -2.64. The maximum atomic E-state index is 11.6. The second-order valence-corrected chi connectivity index (χ2v) is 5.97. The summed E-state index contributed by atoms with van der Waals surface area (Å²) in [4.78, 5) is 13.8. The molecule has 1 aliphatic rings. The summed E-state index contributed by atoms with van der Waals surface area (Å²) < 4.78 is 0. The molecule has 3 rings (SSSR count). The minimum atomic E-state index is -0.770. The maximum absolute atomic E-state index is 11.6. The van der Waals surface area contributed by atoms with Crippen molar-refractivity contribution in [2.75, 3.05) is 13.1 Å². The van der Waals surface area contributed by atoms with Crippen molar-refractivity contribution in [3.8, 4) is 6.07 Å². The van der Waals surface area contributed by atoms with E-state index >= 15 is 0 Å². The normalized spacial score (nSPS) is 21.0. The fourth-order valence-corrected chi connectivity index (χ4v) is 3.28. The Bertz CT molecular complexity index is 737. The molecule has 4 nitrogen and oxygen atoms in total. The number of hydrogen-bond donors (Lipinski definition) is 1. The summed E-state index contributed by atoms with van der Waals surface area (Å²) in [5.41, 5.74) is 2.70. The minimum Gasteiger partial charge on any atom is -0.481 e. The Kier molecular flexibility index (Phi) is 4.40. The maximum Gasteiger partial charge on any atom is 0.308 e. The first-order valence-electron chi connectivity index (χ1n) is 7.66. The smallest absolute Gasteiger partial charge is 0.308 e. The van der Waals surface area contributed by atoms with Crippen molar-refractivity contribution in [3.05, 3.63) is 71.3 Å². The molecule has 23 heavy (non-hydrogen) atoms. The van der Waals surface area contributed by atoms with Gasteiger partial charge in [-0.1, -0.05) is 42.5 Å². The molecule has 4 heteroatoms. The molecule has 1 fully saturated rings. The molecule has 0 bridgehead atoms. The first-order chi connectivity index (χ1) is 11.2. The largest absolute Gasteiger partial charge is 0.481 e. The van der Waals surface area contributed by atoms with Gasteiger partial charge in [0.25, 0.3) is 0 Å². The van der Waals surface area contributed by atoms with Crippen molar-refractivity contribution < 1.29 is 9.90 Å². The van der Waals surface area contributed by atoms with Gasteiger partial charge in [0.15, 0.2) is 0 Å². The number of likely N-dealkylation sites (tertiary alicyclic amines) is 1. The lowest BCUT2D eigenvalue weighted by atomic mass is 9.88. The first-order valence-corrected chi connectivity index (χ1v) is 7.66. The molecule has 0 aliphatic carbocycles. The zero-order valence-electron chi connectivity index (χ0n) is 12.7. The van der Waals surface area contributed by atoms with Gasteiger partial charge in [0.2, 0.25) is 0 Å². The Labute approximate surface area is 135 Å². The molecule has 0 aromatic heterocycles. The van der Waals surface area contributed by atoms with Crippen LogP contribution in [0.4, 0.5) is 0 Å². The summed E-state index contributed by atoms with van der Waals surface area (Å²) in [6.45, 7) is 1.98. The van der Waals surface area contributed by atoms with Crippen LogP contribution in [0, 0.1) is 17.2 Å². The number of carboxylic acid groups (broad SMARTS) is 1. The molecule has 1 N–H and O–H groups in total. The number of aliphatic carboxylic acids is 1. The second kappa shape index (κ2) is 6.64. The molecule has 0 amide bonds. The second-order valence-electron chi connectivity index (χ2n) is 5.97. The van der Waals surface area contributed by atoms with Gasteiger partial charge in [0.05, 0.1) is 17.6 Å². The van der Waals surface area contributed by atoms with Crippen LogP contribution in [0.15, 0.2) is 54.6 Å². The Morgan fingerprint density at radius 3 is 2.65 bits per heavy atom. The average molecular weight is 306 g/mol. The monoisotopic (exact) mass is 306 g/mol. The predicted molar refractivity (Wildman–Crippen MR) is 86.7 cm³/mol. The summed E-state index contributed by atoms with van der Waals surface area (Å²) in [5, 5.41) is 18.6. The Balaban J connectivity index is 1.81. The van der Waals surface area contributed by atoms with Crippen molar-refractivity contribution in [1.29, 1.82) is 5.26 Å². The van der Waals surface area contributed by atoms with Crippen molar-refractivity contribution in [1.82, 2.24) is 4.90 Å². The van der Waals surface area contributed by atoms with Gasteiger partial charge in [-0.2, -0.15) is 5.26 Å². The van der Waals surface area contributed by atoms with Gasteiger partial charge in [0.1, 0.15) is 0 Å². The number of nitrogens with zero attached hydrogens (tertiary/aromatic N) is 2. The minimum absolute atomic E-state index is 0.0792. The summed E-state index contributed by atoms with van der Waals surface area (Å²) >= 11 is 0. The van der Waals surface area contributed by atoms with Crippen molar-refractivity contribution in [3.63, 3.8) is 0 Å². The zero-order chi connectivity index (χ0) is 16.2. The fourth-order valence-electron chi connectivity index (χ4n) is 3.28. The van der Waals surface area contributed by atoms with Gasteiger partial charge in [-0.05, 0) is 23.3 Å². The first kappa shape index (κ1) is 15.3. The number of carbonyl (C=O) groups is 1. The van der Waals surface area contributed by atoms with E-state index in [0.717, 1.165) is 12.1 Å². The highest BCUT2D eigenvalue weighted by molar-refractivity contribution is 5.72. The topological polar surface area (TPSA) is 64.3 Å². The third kappa shape index (κ3) is 3.41. The van der Waals surface area contributed by atoms with E-state index in [0.29, 0.717) is 18.7 Å². The van der Waals surface area contributed by atoms with E-state index in [4.69, 9.17) is 5.26 Å². The van der Waals surface area contributed by atoms with E-state index in [1.165, 1.54) is 5.56 Å². The highest BCUT2D eigenvalue weighted by Crippen LogP contribution is 2.34. The SMILES string of the molecule is N#Cc1cccc(C2CN(Cc3ccccc3)CC2C(=O)O)c1. The van der Waals surface area contributed by atoms with Crippen LogP contribution in [0.25, 0.3) is 0 Å². The van der Waals surface area contributed by atoms with Gasteiger partial charge < -0.3 is 5.11 Å². The van der Waals surface area contributed by atoms with Gasteiger partial charge in [-0.25, -0.2) is 0 Å². The summed E-state index contributed by atoms with van der Waals surface area (Å²) in [6, 6.07) is 19.5. The molecule has 116 valence electrons. The van der Waals surface area contributed by atoms with E-state index in [2.05, 4.69) is 23.1 Å². The van der Waals surface area contributed by atoms with Crippen LogP contribution < -0.4 is 0 Å². The average Bonchev–Trinajstić information content (AvgIpc) is 3.00. The molecule has 0 spiro atoms. The van der Waals surface area contributed by atoms with Crippen LogP contribution in [0.1, 0.15) is 22.6 Å². The van der Waals surface area contributed by atoms with Crippen LogP contribution in [0.2, 0.25) is 0 Å². The number of rotatable bonds is 4. The molecule has 0 saturated carbocycles. The molecule has 0 radical (unpaired) electrons. The van der Waals surface area contributed by atoms with Crippen LogP contribution >= 0.6 is 0 Å². The summed E-state index contributed by atoms with van der Waals surface area (Å²) in [6.07, 6.45) is 0. The van der Waals surface area contributed by atoms with Crippen LogP contribution in [0.3, 0.4) is 0 Å². The third-order valence-electron chi connectivity index (χ3n) is 4.41. The summed E-state index contributed by atoms with van der Waals surface area (Å²) in [7, 11) is 0. The molecule has 2 unspecified atom stereocenters. The lowest BCUT2D eigenvalue weighted by molar-refractivity contribution is -0.141. The van der Waals surface area contributed by atoms with E-state index in [9.17, 15) is 9.90 Å². The Morgan fingerprint density at radius 1 is 1.17 bits per heavy atom. The molecule has 1 heterocycles. The van der Waals surface area contributed by atoms with E-state index in [1.807, 2.05) is 36.4 Å². The van der Waals surface area contributed by atoms with Crippen LogP contribution in [0.5, 0.6) is 0 Å². The fraction of sp³-hybridized carbons (Fsp3) is 0.263. The van der Waals surface area contributed by atoms with Crippen molar-refractivity contribution >= 4 is 5.97 Å². The van der Waals surface area contributed by atoms with Gasteiger partial charge in [-0.15, -0.1) is 0 Å². The van der Waals surface area contributed by atoms with Gasteiger partial charge in [0, 0.05) is 25.6 Å². The third-order valence-corrected chi connectivity index (χ3v) is 4.41. The number of benzene rings is 2. The lowest BCUT2D eigenvalue weighted by Crippen LogP contribution is -2.23. The quantitative estimate of drug-likeness (QED) is 0.943. The highest BCUT2D eigenvalue weighted by atomic mass is 16.4. The van der Waals surface area contributed by atoms with E-state index < -0.39 is 11.9 Å². The summed E-state index contributed by atoms with van der Waals surface area (Å²) in [5.74, 6) is -1.29. The van der Waals surface area contributed by atoms with Crippen molar-refractivity contribution in [2.24, 2.45) is 5.92 Å². The molecule has 1 saturated heterocycles. The standard InChI is InChI=1S/C19H18N2O2/c20-10-15-7-4-8-16(9-15)17-12-21(13-18(17)19(22)23)11-14-5-2-1-3-6-14/h1-9,17-18H,11-13H2,(H,22,23). The van der Waals surface area contributed by atoms with Gasteiger partial charge in [-0.3, -0.25) is 9.69 Å². The molecule has 2 aromatic rings. The number of hydrogen-bond acceptors (Lipinski definition) is 3. The molecule has 2 aromatic carbocycles. The zero-order valence-corrected chi connectivity index (χ0v) is 12.7. The van der Waals surface area contributed by atoms with Crippen LogP contribution in [-0.2, 0) is 11.3 Å². The molecular formula is C19H18N2O2. The van der Waals surface area contributed by atoms with Crippen LogP contribution in [-0.4, -0.2) is 29.1 Å². The molecular weight excluding hydrogens is 288 g/mol. The number of nitriles is 1. The van der Waals surface area contributed by atoms with Gasteiger partial charge >= 0.3 is 5.97 Å². The lowest BCUT2D eigenvalue weighted by Gasteiger charge is -2.16. The molecule has 1 aliphatic heterocycles.